The number of benzene rings is 1. The molecule has 24 heavy (non-hydrogen) atoms. The molecule has 6 nitrogen and oxygen atoms in total. The van der Waals surface area contributed by atoms with Crippen LogP contribution >= 0.6 is 0 Å². The number of ketones is 1. The molecule has 0 radical (unpaired) electrons. The molecule has 3 unspecified atom stereocenters. The Morgan fingerprint density at radius 3 is 2.62 bits per heavy atom. The van der Waals surface area contributed by atoms with Crippen molar-refractivity contribution < 1.29 is 28.3 Å². The van der Waals surface area contributed by atoms with Crippen molar-refractivity contribution in [1.82, 2.24) is 0 Å². The number of fused-ring (bicyclic) bond motifs is 1. The average Bonchev–Trinajstić information content (AvgIpc) is 3.20. The van der Waals surface area contributed by atoms with Crippen molar-refractivity contribution in [3.8, 4) is 0 Å². The monoisotopic (exact) mass is 330 g/mol. The number of rotatable bonds is 5. The van der Waals surface area contributed by atoms with E-state index in [1.807, 2.05) is 13.0 Å². The van der Waals surface area contributed by atoms with Gasteiger partial charge >= 0.3 is 11.9 Å². The number of aryl methyl sites for hydroxylation is 1. The number of carbonyl (C=O) groups excluding carboxylic acids is 3. The molecular weight excluding hydrogens is 312 g/mol. The fraction of sp³-hybridized carbons (Fsp3) is 0.389. The second kappa shape index (κ2) is 6.11. The molecule has 126 valence electrons. The Morgan fingerprint density at radius 2 is 1.92 bits per heavy atom. The van der Waals surface area contributed by atoms with Crippen LogP contribution in [0, 0.1) is 18.8 Å². The molecule has 0 spiro atoms. The summed E-state index contributed by atoms with van der Waals surface area (Å²) in [6.07, 6.45) is -0.496. The number of Topliss-reactive ketones (excluding diaryl/α,β-unsaturated/α-hetero) is 1. The van der Waals surface area contributed by atoms with Gasteiger partial charge in [-0.3, -0.25) is 14.4 Å². The van der Waals surface area contributed by atoms with Gasteiger partial charge in [0.05, 0.1) is 5.92 Å². The van der Waals surface area contributed by atoms with Gasteiger partial charge < -0.3 is 13.9 Å². The first-order valence-corrected chi connectivity index (χ1v) is 7.77. The van der Waals surface area contributed by atoms with Gasteiger partial charge in [-0.15, -0.1) is 0 Å². The van der Waals surface area contributed by atoms with Gasteiger partial charge in [-0.1, -0.05) is 0 Å². The summed E-state index contributed by atoms with van der Waals surface area (Å²) >= 11 is 0. The quantitative estimate of drug-likeness (QED) is 0.476. The highest BCUT2D eigenvalue weighted by molar-refractivity contribution is 6.04. The van der Waals surface area contributed by atoms with E-state index >= 15 is 0 Å². The molecule has 6 heteroatoms. The standard InChI is InChI=1S/C18H18O6/c1-9-6-13-7-12(4-5-16(13)22-9)17(20)14-8-15(14)18(21)24-11(3)23-10(2)19/h4-7,11,14-15H,8H2,1-3H3. The number of esters is 2. The van der Waals surface area contributed by atoms with Crippen molar-refractivity contribution in [3.05, 3.63) is 35.6 Å². The van der Waals surface area contributed by atoms with Gasteiger partial charge in [-0.25, -0.2) is 0 Å². The first-order valence-electron chi connectivity index (χ1n) is 7.77. The van der Waals surface area contributed by atoms with Crippen LogP contribution in [0.2, 0.25) is 0 Å². The Balaban J connectivity index is 1.64. The minimum absolute atomic E-state index is 0.0853. The smallest absolute Gasteiger partial charge is 0.312 e. The zero-order valence-corrected chi connectivity index (χ0v) is 13.7. The third-order valence-electron chi connectivity index (χ3n) is 3.97. The summed E-state index contributed by atoms with van der Waals surface area (Å²) in [6.45, 7) is 4.55. The average molecular weight is 330 g/mol. The number of ether oxygens (including phenoxy) is 2. The van der Waals surface area contributed by atoms with Gasteiger partial charge in [-0.05, 0) is 37.6 Å². The first-order chi connectivity index (χ1) is 11.3. The Labute approximate surface area is 138 Å². The van der Waals surface area contributed by atoms with Gasteiger partial charge in [0.25, 0.3) is 0 Å². The molecule has 0 amide bonds. The fourth-order valence-electron chi connectivity index (χ4n) is 2.80. The normalized spacial score (nSPS) is 20.5. The molecule has 3 atom stereocenters. The van der Waals surface area contributed by atoms with Crippen molar-refractivity contribution in [3.63, 3.8) is 0 Å². The van der Waals surface area contributed by atoms with Crippen LogP contribution in [-0.2, 0) is 19.1 Å². The maximum atomic E-state index is 12.5. The molecule has 0 saturated heterocycles. The molecular formula is C18H18O6. The van der Waals surface area contributed by atoms with Crippen molar-refractivity contribution in [2.75, 3.05) is 0 Å². The van der Waals surface area contributed by atoms with Gasteiger partial charge in [0.1, 0.15) is 11.3 Å². The maximum absolute atomic E-state index is 12.5. The van der Waals surface area contributed by atoms with E-state index < -0.39 is 24.1 Å². The van der Waals surface area contributed by atoms with Gasteiger partial charge in [-0.2, -0.15) is 0 Å². The lowest BCUT2D eigenvalue weighted by atomic mass is 10.0. The largest absolute Gasteiger partial charge is 0.461 e. The van der Waals surface area contributed by atoms with Crippen molar-refractivity contribution in [2.24, 2.45) is 11.8 Å². The molecule has 1 heterocycles. The minimum Gasteiger partial charge on any atom is -0.461 e. The topological polar surface area (TPSA) is 82.8 Å². The van der Waals surface area contributed by atoms with Crippen LogP contribution in [0.4, 0.5) is 0 Å². The highest BCUT2D eigenvalue weighted by Gasteiger charge is 2.49. The highest BCUT2D eigenvalue weighted by Crippen LogP contribution is 2.42. The van der Waals surface area contributed by atoms with E-state index in [0.717, 1.165) is 16.7 Å². The highest BCUT2D eigenvalue weighted by atomic mass is 16.7. The third-order valence-corrected chi connectivity index (χ3v) is 3.97. The van der Waals surface area contributed by atoms with Crippen LogP contribution in [-0.4, -0.2) is 24.0 Å². The second-order valence-electron chi connectivity index (χ2n) is 6.04. The molecule has 1 aromatic carbocycles. The predicted octanol–water partition coefficient (Wildman–Crippen LogP) is 3.01. The molecule has 1 saturated carbocycles. The second-order valence-corrected chi connectivity index (χ2v) is 6.04. The van der Waals surface area contributed by atoms with Crippen molar-refractivity contribution >= 4 is 28.7 Å². The summed E-state index contributed by atoms with van der Waals surface area (Å²) in [6, 6.07) is 7.10. The molecule has 1 aromatic heterocycles. The fourth-order valence-corrected chi connectivity index (χ4v) is 2.80. The molecule has 0 bridgehead atoms. The summed E-state index contributed by atoms with van der Waals surface area (Å²) in [4.78, 5) is 35.3. The molecule has 1 aliphatic rings. The van der Waals surface area contributed by atoms with Crippen LogP contribution in [0.3, 0.4) is 0 Å². The van der Waals surface area contributed by atoms with Crippen LogP contribution < -0.4 is 0 Å². The summed E-state index contributed by atoms with van der Waals surface area (Å²) in [5.74, 6) is -1.20. The molecule has 0 N–H and O–H groups in total. The lowest BCUT2D eigenvalue weighted by Gasteiger charge is -2.12. The van der Waals surface area contributed by atoms with Crippen LogP contribution in [0.25, 0.3) is 11.0 Å². The predicted molar refractivity (Wildman–Crippen MR) is 84.2 cm³/mol. The summed E-state index contributed by atoms with van der Waals surface area (Å²) < 4.78 is 15.3. The number of furan rings is 1. The van der Waals surface area contributed by atoms with E-state index in [-0.39, 0.29) is 11.7 Å². The Hall–Kier alpha value is -2.63. The molecule has 1 fully saturated rings. The SMILES string of the molecule is CC(=O)OC(C)OC(=O)C1CC1C(=O)c1ccc2oc(C)cc2c1. The zero-order valence-electron chi connectivity index (χ0n) is 13.7. The maximum Gasteiger partial charge on any atom is 0.312 e. The summed E-state index contributed by atoms with van der Waals surface area (Å²) in [7, 11) is 0. The van der Waals surface area contributed by atoms with Gasteiger partial charge in [0, 0.05) is 30.7 Å². The van der Waals surface area contributed by atoms with Crippen molar-refractivity contribution in [1.29, 1.82) is 0 Å². The number of hydrogen-bond donors (Lipinski definition) is 0. The lowest BCUT2D eigenvalue weighted by molar-refractivity contribution is -0.184. The van der Waals surface area contributed by atoms with Crippen molar-refractivity contribution in [2.45, 2.75) is 33.5 Å². The molecule has 2 aromatic rings. The molecule has 1 aliphatic carbocycles. The first kappa shape index (κ1) is 16.2. The molecule has 3 rings (SSSR count). The number of carbonyl (C=O) groups is 3. The Bertz CT molecular complexity index is 818. The van der Waals surface area contributed by atoms with Crippen LogP contribution in [0.15, 0.2) is 28.7 Å². The van der Waals surface area contributed by atoms with Crippen LogP contribution in [0.5, 0.6) is 0 Å². The lowest BCUT2D eigenvalue weighted by Crippen LogP contribution is -2.22. The van der Waals surface area contributed by atoms with E-state index in [0.29, 0.717) is 12.0 Å². The van der Waals surface area contributed by atoms with Crippen LogP contribution in [0.1, 0.15) is 36.4 Å². The third kappa shape index (κ3) is 3.32. The summed E-state index contributed by atoms with van der Waals surface area (Å²) in [5, 5.41) is 0.863. The summed E-state index contributed by atoms with van der Waals surface area (Å²) in [5.41, 5.74) is 1.28. The van der Waals surface area contributed by atoms with Gasteiger partial charge in [0.15, 0.2) is 5.78 Å². The van der Waals surface area contributed by atoms with E-state index in [2.05, 4.69) is 0 Å². The Morgan fingerprint density at radius 1 is 1.17 bits per heavy atom. The Kier molecular flexibility index (Phi) is 4.13. The van der Waals surface area contributed by atoms with E-state index in [1.54, 1.807) is 18.2 Å². The molecule has 0 aliphatic heterocycles. The number of hydrogen-bond acceptors (Lipinski definition) is 6. The zero-order chi connectivity index (χ0) is 17.4. The van der Waals surface area contributed by atoms with Gasteiger partial charge in [0.2, 0.25) is 6.29 Å². The minimum atomic E-state index is -0.948. The van der Waals surface area contributed by atoms with E-state index in [9.17, 15) is 14.4 Å². The van der Waals surface area contributed by atoms with E-state index in [4.69, 9.17) is 13.9 Å². The van der Waals surface area contributed by atoms with E-state index in [1.165, 1.54) is 13.8 Å².